The Morgan fingerprint density at radius 2 is 2.17 bits per heavy atom. The van der Waals surface area contributed by atoms with Crippen LogP contribution in [-0.2, 0) is 14.8 Å². The Morgan fingerprint density at radius 1 is 1.50 bits per heavy atom. The Labute approximate surface area is 109 Å². The monoisotopic (exact) mass is 297 g/mol. The van der Waals surface area contributed by atoms with Gasteiger partial charge in [-0.25, -0.2) is 23.1 Å². The Kier molecular flexibility index (Phi) is 5.23. The average molecular weight is 297 g/mol. The highest BCUT2D eigenvalue weighted by atomic mass is 32.2. The van der Waals surface area contributed by atoms with Crippen molar-refractivity contribution in [2.24, 2.45) is 5.14 Å². The standard InChI is InChI=1S/C8H15N3O5S2/c9-18(15,16)3-1-2-10-8(14)11-5-17-4-6(11)7(12)13/h6H,1-5H2,(H,10,14)(H,12,13)(H2,9,15,16)/t6-/m0/s1. The van der Waals surface area contributed by atoms with Crippen LogP contribution >= 0.6 is 11.8 Å². The molecule has 1 rings (SSSR count). The number of thioether (sulfide) groups is 1. The number of hydrogen-bond acceptors (Lipinski definition) is 5. The lowest BCUT2D eigenvalue weighted by molar-refractivity contribution is -0.140. The maximum atomic E-state index is 11.6. The Bertz CT molecular complexity index is 424. The van der Waals surface area contributed by atoms with Crippen LogP contribution in [0.2, 0.25) is 0 Å². The topological polar surface area (TPSA) is 130 Å². The largest absolute Gasteiger partial charge is 0.480 e. The molecule has 1 heterocycles. The molecule has 2 amide bonds. The molecule has 0 aromatic heterocycles. The number of nitrogens with two attached hydrogens (primary N) is 1. The van der Waals surface area contributed by atoms with Gasteiger partial charge in [-0.15, -0.1) is 11.8 Å². The molecule has 1 aliphatic heterocycles. The number of primary sulfonamides is 1. The van der Waals surface area contributed by atoms with Gasteiger partial charge in [0, 0.05) is 12.3 Å². The number of carbonyl (C=O) groups excluding carboxylic acids is 1. The van der Waals surface area contributed by atoms with Crippen LogP contribution in [-0.4, -0.2) is 60.4 Å². The van der Waals surface area contributed by atoms with Gasteiger partial charge in [0.25, 0.3) is 0 Å². The minimum absolute atomic E-state index is 0.142. The van der Waals surface area contributed by atoms with E-state index in [2.05, 4.69) is 5.32 Å². The zero-order valence-corrected chi connectivity index (χ0v) is 11.2. The summed E-state index contributed by atoms with van der Waals surface area (Å²) in [5, 5.41) is 16.2. The average Bonchev–Trinajstić information content (AvgIpc) is 2.71. The predicted molar refractivity (Wildman–Crippen MR) is 66.6 cm³/mol. The van der Waals surface area contributed by atoms with Gasteiger partial charge in [0.1, 0.15) is 6.04 Å². The van der Waals surface area contributed by atoms with Gasteiger partial charge in [-0.1, -0.05) is 0 Å². The molecule has 4 N–H and O–H groups in total. The molecule has 1 saturated heterocycles. The lowest BCUT2D eigenvalue weighted by atomic mass is 10.3. The summed E-state index contributed by atoms with van der Waals surface area (Å²) in [4.78, 5) is 23.7. The van der Waals surface area contributed by atoms with Crippen molar-refractivity contribution in [1.29, 1.82) is 0 Å². The molecule has 18 heavy (non-hydrogen) atoms. The normalized spacial score (nSPS) is 19.8. The summed E-state index contributed by atoms with van der Waals surface area (Å²) in [6, 6.07) is -1.32. The van der Waals surface area contributed by atoms with Gasteiger partial charge < -0.3 is 15.3 Å². The fourth-order valence-corrected chi connectivity index (χ4v) is 3.11. The quantitative estimate of drug-likeness (QED) is 0.548. The second kappa shape index (κ2) is 6.25. The minimum Gasteiger partial charge on any atom is -0.480 e. The van der Waals surface area contributed by atoms with Crippen LogP contribution in [0, 0.1) is 0 Å². The van der Waals surface area contributed by atoms with E-state index in [1.165, 1.54) is 16.7 Å². The van der Waals surface area contributed by atoms with Crippen LogP contribution in [0.15, 0.2) is 0 Å². The van der Waals surface area contributed by atoms with Gasteiger partial charge in [-0.3, -0.25) is 0 Å². The van der Waals surface area contributed by atoms with Crippen LogP contribution in [0.25, 0.3) is 0 Å². The van der Waals surface area contributed by atoms with Gasteiger partial charge in [-0.05, 0) is 6.42 Å². The van der Waals surface area contributed by atoms with E-state index in [1.807, 2.05) is 0 Å². The van der Waals surface area contributed by atoms with E-state index in [4.69, 9.17) is 10.2 Å². The van der Waals surface area contributed by atoms with Crippen molar-refractivity contribution in [2.45, 2.75) is 12.5 Å². The molecule has 0 bridgehead atoms. The molecule has 0 aliphatic carbocycles. The summed E-state index contributed by atoms with van der Waals surface area (Å²) < 4.78 is 21.3. The minimum atomic E-state index is -3.53. The third kappa shape index (κ3) is 4.70. The van der Waals surface area contributed by atoms with E-state index in [0.29, 0.717) is 11.6 Å². The number of nitrogens with one attached hydrogen (secondary N) is 1. The lowest BCUT2D eigenvalue weighted by Crippen LogP contribution is -2.47. The first-order valence-electron chi connectivity index (χ1n) is 5.17. The summed E-state index contributed by atoms with van der Waals surface area (Å²) in [6.45, 7) is 0.142. The second-order valence-electron chi connectivity index (χ2n) is 3.78. The van der Waals surface area contributed by atoms with Crippen molar-refractivity contribution in [2.75, 3.05) is 23.9 Å². The van der Waals surface area contributed by atoms with E-state index in [-0.39, 0.29) is 18.7 Å². The first-order valence-corrected chi connectivity index (χ1v) is 8.04. The maximum Gasteiger partial charge on any atom is 0.327 e. The predicted octanol–water partition coefficient (Wildman–Crippen LogP) is -1.17. The van der Waals surface area contributed by atoms with E-state index in [0.717, 1.165) is 0 Å². The van der Waals surface area contributed by atoms with Crippen LogP contribution < -0.4 is 10.5 Å². The molecular weight excluding hydrogens is 282 g/mol. The number of hydrogen-bond donors (Lipinski definition) is 3. The van der Waals surface area contributed by atoms with Crippen LogP contribution in [0.4, 0.5) is 4.79 Å². The molecular formula is C8H15N3O5S2. The molecule has 10 heteroatoms. The SMILES string of the molecule is NS(=O)(=O)CCCNC(=O)N1CSC[C@H]1C(=O)O. The third-order valence-corrected chi connectivity index (χ3v) is 4.18. The molecule has 1 fully saturated rings. The second-order valence-corrected chi connectivity index (χ2v) is 6.51. The van der Waals surface area contributed by atoms with Crippen molar-refractivity contribution >= 4 is 33.8 Å². The molecule has 1 aliphatic rings. The number of carboxylic acids is 1. The maximum absolute atomic E-state index is 11.6. The van der Waals surface area contributed by atoms with Crippen molar-refractivity contribution in [3.8, 4) is 0 Å². The fourth-order valence-electron chi connectivity index (χ4n) is 1.42. The van der Waals surface area contributed by atoms with E-state index < -0.39 is 28.1 Å². The molecule has 0 unspecified atom stereocenters. The Morgan fingerprint density at radius 3 is 2.72 bits per heavy atom. The Hall–Kier alpha value is -1.00. The van der Waals surface area contributed by atoms with Gasteiger partial charge in [-0.2, -0.15) is 0 Å². The lowest BCUT2D eigenvalue weighted by Gasteiger charge is -2.20. The molecule has 0 spiro atoms. The number of sulfonamides is 1. The number of urea groups is 1. The molecule has 0 aromatic rings. The highest BCUT2D eigenvalue weighted by Gasteiger charge is 2.34. The van der Waals surface area contributed by atoms with Crippen molar-refractivity contribution < 1.29 is 23.1 Å². The smallest absolute Gasteiger partial charge is 0.327 e. The first kappa shape index (κ1) is 15.1. The summed E-state index contributed by atoms with van der Waals surface area (Å²) in [6.07, 6.45) is 0.198. The fraction of sp³-hybridized carbons (Fsp3) is 0.750. The molecule has 8 nitrogen and oxygen atoms in total. The summed E-state index contributed by atoms with van der Waals surface area (Å²) in [5.74, 6) is -0.581. The van der Waals surface area contributed by atoms with Gasteiger partial charge in [0.15, 0.2) is 0 Å². The summed E-state index contributed by atoms with van der Waals surface area (Å²) in [7, 11) is -3.53. The number of carboxylic acid groups (broad SMARTS) is 1. The van der Waals surface area contributed by atoms with Gasteiger partial charge in [0.05, 0.1) is 11.6 Å². The molecule has 104 valence electrons. The van der Waals surface area contributed by atoms with Crippen LogP contribution in [0.3, 0.4) is 0 Å². The zero-order chi connectivity index (χ0) is 13.8. The van der Waals surface area contributed by atoms with Crippen molar-refractivity contribution in [3.63, 3.8) is 0 Å². The highest BCUT2D eigenvalue weighted by Crippen LogP contribution is 2.20. The third-order valence-electron chi connectivity index (χ3n) is 2.31. The molecule has 1 atom stereocenters. The van der Waals surface area contributed by atoms with E-state index in [9.17, 15) is 18.0 Å². The zero-order valence-electron chi connectivity index (χ0n) is 9.53. The van der Waals surface area contributed by atoms with Crippen molar-refractivity contribution in [3.05, 3.63) is 0 Å². The van der Waals surface area contributed by atoms with E-state index >= 15 is 0 Å². The number of aliphatic carboxylic acids is 1. The van der Waals surface area contributed by atoms with E-state index in [1.54, 1.807) is 0 Å². The Balaban J connectivity index is 2.35. The van der Waals surface area contributed by atoms with Crippen molar-refractivity contribution in [1.82, 2.24) is 10.2 Å². The molecule has 0 saturated carbocycles. The summed E-state index contributed by atoms with van der Waals surface area (Å²) >= 11 is 1.36. The molecule has 0 aromatic carbocycles. The number of amides is 2. The van der Waals surface area contributed by atoms with Gasteiger partial charge in [0.2, 0.25) is 10.0 Å². The number of rotatable bonds is 5. The first-order chi connectivity index (χ1) is 8.31. The molecule has 0 radical (unpaired) electrons. The number of nitrogens with zero attached hydrogens (tertiary/aromatic N) is 1. The van der Waals surface area contributed by atoms with Crippen LogP contribution in [0.5, 0.6) is 0 Å². The van der Waals surface area contributed by atoms with Gasteiger partial charge >= 0.3 is 12.0 Å². The highest BCUT2D eigenvalue weighted by molar-refractivity contribution is 7.99. The number of carbonyl (C=O) groups is 2. The van der Waals surface area contributed by atoms with Crippen LogP contribution in [0.1, 0.15) is 6.42 Å². The summed E-state index contributed by atoms with van der Waals surface area (Å²) in [5.41, 5.74) is 0.